The maximum Gasteiger partial charge on any atom is 0.367 e. The number of methoxy groups -OCH3 is 2. The third-order valence-corrected chi connectivity index (χ3v) is 1.58. The average Bonchev–Trinajstić information content (AvgIpc) is 2.03. The number of hydrogen-bond donors (Lipinski definition) is 0. The molecule has 0 N–H and O–H groups in total. The van der Waals surface area contributed by atoms with Crippen molar-refractivity contribution in [3.8, 4) is 0 Å². The predicted octanol–water partition coefficient (Wildman–Crippen LogP) is 0.745. The van der Waals surface area contributed by atoms with Crippen LogP contribution in [0.5, 0.6) is 0 Å². The standard InChI is InChI=1S/C5H9O5P/c1-5(9-3,10-11-7)4(6)8-2/h1-3H3. The van der Waals surface area contributed by atoms with E-state index in [9.17, 15) is 9.36 Å². The highest BCUT2D eigenvalue weighted by molar-refractivity contribution is 7.17. The molecule has 1 unspecified atom stereocenters. The van der Waals surface area contributed by atoms with Crippen LogP contribution in [0.1, 0.15) is 6.92 Å². The number of carbonyl (C=O) groups excluding carboxylic acids is 1. The Balaban J connectivity index is 4.31. The average molecular weight is 180 g/mol. The first-order valence-electron chi connectivity index (χ1n) is 2.75. The summed E-state index contributed by atoms with van der Waals surface area (Å²) in [5.74, 6) is -2.32. The molecule has 0 bridgehead atoms. The molecule has 0 amide bonds. The van der Waals surface area contributed by atoms with Gasteiger partial charge in [0.05, 0.1) is 7.11 Å². The Morgan fingerprint density at radius 2 is 2.00 bits per heavy atom. The zero-order chi connectivity index (χ0) is 8.91. The van der Waals surface area contributed by atoms with Crippen LogP contribution in [-0.2, 0) is 23.4 Å². The van der Waals surface area contributed by atoms with Crippen molar-refractivity contribution >= 4 is 14.7 Å². The molecule has 5 nitrogen and oxygen atoms in total. The van der Waals surface area contributed by atoms with Crippen molar-refractivity contribution < 1.29 is 23.4 Å². The first kappa shape index (κ1) is 10.5. The van der Waals surface area contributed by atoms with E-state index in [4.69, 9.17) is 0 Å². The lowest BCUT2D eigenvalue weighted by atomic mass is 10.3. The van der Waals surface area contributed by atoms with Crippen LogP contribution in [0, 0.1) is 0 Å². The lowest BCUT2D eigenvalue weighted by molar-refractivity contribution is -0.198. The zero-order valence-electron chi connectivity index (χ0n) is 6.49. The molecule has 0 aliphatic carbocycles. The van der Waals surface area contributed by atoms with Crippen LogP contribution in [0.2, 0.25) is 0 Å². The Hall–Kier alpha value is -0.510. The SMILES string of the molecule is COC(=O)C(C)(OC)OP=O. The van der Waals surface area contributed by atoms with Gasteiger partial charge in [-0.15, -0.1) is 0 Å². The largest absolute Gasteiger partial charge is 0.465 e. The van der Waals surface area contributed by atoms with Gasteiger partial charge in [0.25, 0.3) is 5.79 Å². The van der Waals surface area contributed by atoms with E-state index in [0.29, 0.717) is 0 Å². The van der Waals surface area contributed by atoms with Crippen LogP contribution in [0.4, 0.5) is 0 Å². The highest BCUT2D eigenvalue weighted by Crippen LogP contribution is 2.18. The molecule has 0 aromatic carbocycles. The fraction of sp³-hybridized carbons (Fsp3) is 0.800. The lowest BCUT2D eigenvalue weighted by Gasteiger charge is -2.20. The predicted molar refractivity (Wildman–Crippen MR) is 36.1 cm³/mol. The van der Waals surface area contributed by atoms with Crippen LogP contribution in [-0.4, -0.2) is 26.0 Å². The smallest absolute Gasteiger partial charge is 0.367 e. The van der Waals surface area contributed by atoms with Crippen LogP contribution >= 0.6 is 8.69 Å². The Morgan fingerprint density at radius 1 is 1.45 bits per heavy atom. The Morgan fingerprint density at radius 3 is 2.27 bits per heavy atom. The summed E-state index contributed by atoms with van der Waals surface area (Å²) in [6, 6.07) is 0. The summed E-state index contributed by atoms with van der Waals surface area (Å²) in [5.41, 5.74) is 0. The van der Waals surface area contributed by atoms with Gasteiger partial charge in [-0.2, -0.15) is 0 Å². The number of rotatable bonds is 4. The van der Waals surface area contributed by atoms with Gasteiger partial charge in [-0.3, -0.25) is 0 Å². The number of ether oxygens (including phenoxy) is 2. The van der Waals surface area contributed by atoms with Crippen LogP contribution in [0.25, 0.3) is 0 Å². The van der Waals surface area contributed by atoms with E-state index in [1.807, 2.05) is 0 Å². The van der Waals surface area contributed by atoms with Gasteiger partial charge in [-0.1, -0.05) is 0 Å². The Labute approximate surface area is 65.9 Å². The molecule has 0 rings (SSSR count). The first-order valence-corrected chi connectivity index (χ1v) is 3.48. The summed E-state index contributed by atoms with van der Waals surface area (Å²) in [4.78, 5) is 10.8. The molecule has 0 saturated heterocycles. The molecule has 0 heterocycles. The van der Waals surface area contributed by atoms with Gasteiger partial charge in [-0.05, 0) is 0 Å². The fourth-order valence-electron chi connectivity index (χ4n) is 0.414. The minimum Gasteiger partial charge on any atom is -0.465 e. The highest BCUT2D eigenvalue weighted by atomic mass is 31.1. The van der Waals surface area contributed by atoms with E-state index in [1.165, 1.54) is 21.1 Å². The second-order valence-corrected chi connectivity index (χ2v) is 2.14. The summed E-state index contributed by atoms with van der Waals surface area (Å²) >= 11 is 0. The van der Waals surface area contributed by atoms with Crippen molar-refractivity contribution in [2.24, 2.45) is 0 Å². The van der Waals surface area contributed by atoms with E-state index in [2.05, 4.69) is 14.0 Å². The fourth-order valence-corrected chi connectivity index (χ4v) is 0.706. The van der Waals surface area contributed by atoms with Gasteiger partial charge in [0.15, 0.2) is 0 Å². The molecule has 6 heteroatoms. The second kappa shape index (κ2) is 4.38. The monoisotopic (exact) mass is 180 g/mol. The maximum atomic E-state index is 10.8. The molecular formula is C5H9O5P. The van der Waals surface area contributed by atoms with Gasteiger partial charge in [0.1, 0.15) is 0 Å². The minimum absolute atomic E-state index is 0.632. The first-order chi connectivity index (χ1) is 5.10. The summed E-state index contributed by atoms with van der Waals surface area (Å²) in [6.45, 7) is 1.31. The van der Waals surface area contributed by atoms with Crippen molar-refractivity contribution in [3.05, 3.63) is 0 Å². The lowest BCUT2D eigenvalue weighted by Crippen LogP contribution is -2.38. The van der Waals surface area contributed by atoms with Crippen molar-refractivity contribution in [1.82, 2.24) is 0 Å². The zero-order valence-corrected chi connectivity index (χ0v) is 7.38. The van der Waals surface area contributed by atoms with Gasteiger partial charge in [0, 0.05) is 14.0 Å². The van der Waals surface area contributed by atoms with E-state index < -0.39 is 20.4 Å². The topological polar surface area (TPSA) is 61.8 Å². The number of carbonyl (C=O) groups is 1. The normalized spacial score (nSPS) is 15.9. The van der Waals surface area contributed by atoms with Crippen molar-refractivity contribution in [3.63, 3.8) is 0 Å². The summed E-state index contributed by atoms with van der Waals surface area (Å²) in [5, 5.41) is 0. The maximum absolute atomic E-state index is 10.8. The molecule has 0 fully saturated rings. The van der Waals surface area contributed by atoms with Crippen molar-refractivity contribution in [2.45, 2.75) is 12.7 Å². The molecule has 1 atom stereocenters. The number of esters is 1. The molecular weight excluding hydrogens is 171 g/mol. The third-order valence-electron chi connectivity index (χ3n) is 1.16. The summed E-state index contributed by atoms with van der Waals surface area (Å²) in [6.07, 6.45) is 0. The van der Waals surface area contributed by atoms with Gasteiger partial charge >= 0.3 is 14.7 Å². The van der Waals surface area contributed by atoms with E-state index in [0.717, 1.165) is 0 Å². The number of hydrogen-bond acceptors (Lipinski definition) is 5. The molecule has 0 spiro atoms. The van der Waals surface area contributed by atoms with E-state index in [-0.39, 0.29) is 0 Å². The Bertz CT molecular complexity index is 159. The second-order valence-electron chi connectivity index (χ2n) is 1.81. The summed E-state index contributed by atoms with van der Waals surface area (Å²) in [7, 11) is 1.81. The highest BCUT2D eigenvalue weighted by Gasteiger charge is 2.36. The van der Waals surface area contributed by atoms with Gasteiger partial charge in [0.2, 0.25) is 0 Å². The van der Waals surface area contributed by atoms with Gasteiger partial charge < -0.3 is 9.47 Å². The third kappa shape index (κ3) is 2.54. The summed E-state index contributed by atoms with van der Waals surface area (Å²) < 4.78 is 23.4. The Kier molecular flexibility index (Phi) is 4.18. The quantitative estimate of drug-likeness (QED) is 0.363. The molecule has 0 aromatic heterocycles. The van der Waals surface area contributed by atoms with Crippen LogP contribution < -0.4 is 0 Å². The van der Waals surface area contributed by atoms with Crippen molar-refractivity contribution in [2.75, 3.05) is 14.2 Å². The molecule has 0 aliphatic rings. The van der Waals surface area contributed by atoms with Crippen LogP contribution in [0.3, 0.4) is 0 Å². The van der Waals surface area contributed by atoms with Crippen LogP contribution in [0.15, 0.2) is 0 Å². The molecule has 11 heavy (non-hydrogen) atoms. The molecule has 0 aromatic rings. The van der Waals surface area contributed by atoms with E-state index in [1.54, 1.807) is 0 Å². The molecule has 0 radical (unpaired) electrons. The van der Waals surface area contributed by atoms with Gasteiger partial charge in [-0.25, -0.2) is 13.9 Å². The molecule has 0 aliphatic heterocycles. The molecule has 64 valence electrons. The van der Waals surface area contributed by atoms with Crippen molar-refractivity contribution in [1.29, 1.82) is 0 Å². The minimum atomic E-state index is -1.59. The molecule has 0 saturated carbocycles. The van der Waals surface area contributed by atoms with E-state index >= 15 is 0 Å².